The van der Waals surface area contributed by atoms with Crippen LogP contribution >= 0.6 is 11.8 Å². The minimum atomic E-state index is -4.32. The van der Waals surface area contributed by atoms with Crippen LogP contribution in [0, 0.1) is 11.3 Å². The van der Waals surface area contributed by atoms with Gasteiger partial charge in [-0.15, -0.1) is 11.8 Å². The fourth-order valence-electron chi connectivity index (χ4n) is 1.40. The van der Waals surface area contributed by atoms with Crippen molar-refractivity contribution in [3.8, 4) is 6.07 Å². The van der Waals surface area contributed by atoms with Gasteiger partial charge in [0.15, 0.2) is 5.69 Å². The maximum Gasteiger partial charge on any atom is 0.416 e. The highest BCUT2D eigenvalue weighted by Crippen LogP contribution is 2.30. The molecule has 0 bridgehead atoms. The summed E-state index contributed by atoms with van der Waals surface area (Å²) in [5, 5.41) is 9.19. The van der Waals surface area contributed by atoms with Crippen molar-refractivity contribution in [3.05, 3.63) is 53.5 Å². The summed E-state index contributed by atoms with van der Waals surface area (Å²) in [7, 11) is 0. The van der Waals surface area contributed by atoms with Gasteiger partial charge in [0.2, 0.25) is 0 Å². The molecule has 0 atom stereocenters. The smallest absolute Gasteiger partial charge is 0.245 e. The van der Waals surface area contributed by atoms with Crippen LogP contribution in [0.25, 0.3) is 0 Å². The van der Waals surface area contributed by atoms with Gasteiger partial charge in [0.25, 0.3) is 0 Å². The molecule has 0 N–H and O–H groups in total. The van der Waals surface area contributed by atoms with E-state index in [0.29, 0.717) is 10.8 Å². The Bertz CT molecular complexity index is 615. The SMILES string of the molecule is N#Cc1cnc(SCc2ccc(C(F)(F)F)cc2)cn1. The van der Waals surface area contributed by atoms with E-state index >= 15 is 0 Å². The third-order valence-corrected chi connectivity index (χ3v) is 3.39. The Kier molecular flexibility index (Phi) is 4.25. The van der Waals surface area contributed by atoms with Crippen molar-refractivity contribution < 1.29 is 13.2 Å². The van der Waals surface area contributed by atoms with E-state index in [-0.39, 0.29) is 5.69 Å². The third-order valence-electron chi connectivity index (χ3n) is 2.41. The second kappa shape index (κ2) is 5.92. The van der Waals surface area contributed by atoms with Gasteiger partial charge in [0.1, 0.15) is 11.1 Å². The molecule has 1 aromatic heterocycles. The van der Waals surface area contributed by atoms with Gasteiger partial charge in [-0.2, -0.15) is 18.4 Å². The van der Waals surface area contributed by atoms with Crippen LogP contribution in [0.5, 0.6) is 0 Å². The molecule has 7 heteroatoms. The number of benzene rings is 1. The first-order valence-corrected chi connectivity index (χ1v) is 6.48. The van der Waals surface area contributed by atoms with E-state index in [1.165, 1.54) is 36.3 Å². The average Bonchev–Trinajstić information content (AvgIpc) is 2.45. The van der Waals surface area contributed by atoms with Crippen molar-refractivity contribution in [1.82, 2.24) is 9.97 Å². The number of halogens is 3. The summed E-state index contributed by atoms with van der Waals surface area (Å²) >= 11 is 1.34. The zero-order chi connectivity index (χ0) is 14.6. The van der Waals surface area contributed by atoms with Crippen LogP contribution < -0.4 is 0 Å². The summed E-state index contributed by atoms with van der Waals surface area (Å²) in [5.41, 5.74) is 0.322. The Morgan fingerprint density at radius 3 is 2.30 bits per heavy atom. The predicted molar refractivity (Wildman–Crippen MR) is 67.8 cm³/mol. The number of aromatic nitrogens is 2. The molecule has 0 fully saturated rings. The number of nitriles is 1. The molecule has 0 aliphatic heterocycles. The zero-order valence-corrected chi connectivity index (χ0v) is 10.9. The molecule has 0 amide bonds. The van der Waals surface area contributed by atoms with Crippen molar-refractivity contribution in [3.63, 3.8) is 0 Å². The highest BCUT2D eigenvalue weighted by atomic mass is 32.2. The van der Waals surface area contributed by atoms with Gasteiger partial charge in [-0.25, -0.2) is 9.97 Å². The summed E-state index contributed by atoms with van der Waals surface area (Å²) in [6.45, 7) is 0. The quantitative estimate of drug-likeness (QED) is 0.811. The first-order chi connectivity index (χ1) is 9.49. The number of thioether (sulfide) groups is 1. The molecule has 0 aliphatic carbocycles. The topological polar surface area (TPSA) is 49.6 Å². The molecule has 0 spiro atoms. The molecule has 0 saturated carbocycles. The van der Waals surface area contributed by atoms with E-state index in [9.17, 15) is 13.2 Å². The molecule has 3 nitrogen and oxygen atoms in total. The lowest BCUT2D eigenvalue weighted by Crippen LogP contribution is -2.04. The Balaban J connectivity index is 1.98. The second-order valence-electron chi connectivity index (χ2n) is 3.84. The standard InChI is InChI=1S/C13H8F3N3S/c14-13(15,16)10-3-1-9(2-4-10)8-20-12-7-18-11(5-17)6-19-12/h1-4,6-7H,8H2. The van der Waals surface area contributed by atoms with E-state index < -0.39 is 11.7 Å². The summed E-state index contributed by atoms with van der Waals surface area (Å²) in [4.78, 5) is 7.88. The first-order valence-electron chi connectivity index (χ1n) is 5.50. The highest BCUT2D eigenvalue weighted by Gasteiger charge is 2.29. The normalized spacial score (nSPS) is 11.1. The average molecular weight is 295 g/mol. The van der Waals surface area contributed by atoms with E-state index in [4.69, 9.17) is 5.26 Å². The number of alkyl halides is 3. The Labute approximate surface area is 117 Å². The predicted octanol–water partition coefficient (Wildman–Crippen LogP) is 3.66. The number of hydrogen-bond donors (Lipinski definition) is 0. The molecule has 0 radical (unpaired) electrons. The van der Waals surface area contributed by atoms with Crippen LogP contribution in [0.1, 0.15) is 16.8 Å². The van der Waals surface area contributed by atoms with E-state index in [0.717, 1.165) is 17.7 Å². The van der Waals surface area contributed by atoms with Crippen molar-refractivity contribution in [2.24, 2.45) is 0 Å². The Morgan fingerprint density at radius 1 is 1.10 bits per heavy atom. The van der Waals surface area contributed by atoms with Crippen LogP contribution in [-0.4, -0.2) is 9.97 Å². The van der Waals surface area contributed by atoms with Crippen LogP contribution in [0.15, 0.2) is 41.7 Å². The molecule has 102 valence electrons. The first kappa shape index (κ1) is 14.3. The number of rotatable bonds is 3. The maximum absolute atomic E-state index is 12.4. The fourth-order valence-corrected chi connectivity index (χ4v) is 2.16. The molecule has 20 heavy (non-hydrogen) atoms. The monoisotopic (exact) mass is 295 g/mol. The van der Waals surface area contributed by atoms with Gasteiger partial charge in [0.05, 0.1) is 18.0 Å². The molecule has 0 unspecified atom stereocenters. The summed E-state index contributed by atoms with van der Waals surface area (Å²) in [6, 6.07) is 6.85. The summed E-state index contributed by atoms with van der Waals surface area (Å²) in [5.74, 6) is 0.485. The third kappa shape index (κ3) is 3.71. The van der Waals surface area contributed by atoms with Crippen molar-refractivity contribution in [1.29, 1.82) is 5.26 Å². The van der Waals surface area contributed by atoms with Crippen LogP contribution in [-0.2, 0) is 11.9 Å². The van der Waals surface area contributed by atoms with Crippen molar-refractivity contribution >= 4 is 11.8 Å². The molecule has 0 aliphatic rings. The van der Waals surface area contributed by atoms with Gasteiger partial charge in [-0.1, -0.05) is 12.1 Å². The molecule has 1 aromatic carbocycles. The molecular formula is C13H8F3N3S. The molecule has 2 aromatic rings. The lowest BCUT2D eigenvalue weighted by molar-refractivity contribution is -0.137. The van der Waals surface area contributed by atoms with Crippen molar-refractivity contribution in [2.75, 3.05) is 0 Å². The lowest BCUT2D eigenvalue weighted by atomic mass is 10.1. The minimum Gasteiger partial charge on any atom is -0.245 e. The molecule has 1 heterocycles. The minimum absolute atomic E-state index is 0.226. The van der Waals surface area contributed by atoms with Gasteiger partial charge in [-0.05, 0) is 17.7 Å². The summed E-state index contributed by atoms with van der Waals surface area (Å²) < 4.78 is 37.2. The van der Waals surface area contributed by atoms with Crippen LogP contribution in [0.3, 0.4) is 0 Å². The summed E-state index contributed by atoms with van der Waals surface area (Å²) in [6.07, 6.45) is -1.49. The van der Waals surface area contributed by atoms with Crippen LogP contribution in [0.4, 0.5) is 13.2 Å². The largest absolute Gasteiger partial charge is 0.416 e. The Morgan fingerprint density at radius 2 is 1.80 bits per heavy atom. The lowest BCUT2D eigenvalue weighted by Gasteiger charge is -2.07. The van der Waals surface area contributed by atoms with Gasteiger partial charge in [0, 0.05) is 5.75 Å². The van der Waals surface area contributed by atoms with Gasteiger partial charge < -0.3 is 0 Å². The molecular weight excluding hydrogens is 287 g/mol. The van der Waals surface area contributed by atoms with E-state index in [1.54, 1.807) is 0 Å². The number of hydrogen-bond acceptors (Lipinski definition) is 4. The maximum atomic E-state index is 12.4. The second-order valence-corrected chi connectivity index (χ2v) is 4.83. The fraction of sp³-hybridized carbons (Fsp3) is 0.154. The molecule has 0 saturated heterocycles. The van der Waals surface area contributed by atoms with Crippen LogP contribution in [0.2, 0.25) is 0 Å². The Hall–Kier alpha value is -2.07. The van der Waals surface area contributed by atoms with Crippen molar-refractivity contribution in [2.45, 2.75) is 17.0 Å². The van der Waals surface area contributed by atoms with Gasteiger partial charge >= 0.3 is 6.18 Å². The van der Waals surface area contributed by atoms with Gasteiger partial charge in [-0.3, -0.25) is 0 Å². The van der Waals surface area contributed by atoms with E-state index in [2.05, 4.69) is 9.97 Å². The van der Waals surface area contributed by atoms with E-state index in [1.807, 2.05) is 6.07 Å². The highest BCUT2D eigenvalue weighted by molar-refractivity contribution is 7.98. The zero-order valence-electron chi connectivity index (χ0n) is 10.1. The molecule has 2 rings (SSSR count). The number of nitrogens with zero attached hydrogens (tertiary/aromatic N) is 3.